The zero-order valence-electron chi connectivity index (χ0n) is 11.6. The molecule has 1 aliphatic carbocycles. The summed E-state index contributed by atoms with van der Waals surface area (Å²) in [5.41, 5.74) is 4.56. The van der Waals surface area contributed by atoms with Crippen LogP contribution in [0.25, 0.3) is 0 Å². The van der Waals surface area contributed by atoms with Crippen LogP contribution in [0.4, 0.5) is 0 Å². The van der Waals surface area contributed by atoms with Gasteiger partial charge in [-0.1, -0.05) is 0 Å². The molecule has 2 N–H and O–H groups in total. The molecule has 0 radical (unpaired) electrons. The summed E-state index contributed by atoms with van der Waals surface area (Å²) in [6.07, 6.45) is 2.06. The van der Waals surface area contributed by atoms with E-state index in [9.17, 15) is 9.59 Å². The molecule has 0 atom stereocenters. The van der Waals surface area contributed by atoms with Crippen LogP contribution in [0.2, 0.25) is 0 Å². The van der Waals surface area contributed by atoms with Gasteiger partial charge in [-0.3, -0.25) is 9.59 Å². The Hall–Kier alpha value is -1.10. The molecule has 0 aromatic rings. The number of esters is 2. The highest BCUT2D eigenvalue weighted by Gasteiger charge is 2.41. The van der Waals surface area contributed by atoms with Crippen LogP contribution in [0.5, 0.6) is 0 Å². The van der Waals surface area contributed by atoms with Crippen LogP contribution in [0.3, 0.4) is 0 Å². The van der Waals surface area contributed by atoms with Crippen molar-refractivity contribution in [2.45, 2.75) is 57.6 Å². The number of rotatable bonds is 2. The second kappa shape index (κ2) is 5.26. The fourth-order valence-electron chi connectivity index (χ4n) is 2.16. The molecule has 0 spiro atoms. The number of ether oxygens (including phenoxy) is 2. The maximum absolute atomic E-state index is 11.9. The molecule has 1 aliphatic rings. The standard InChI is InChI=1S/C13H23NO4/c1-12(2,3)18-10(15)9-5-7-13(14,8-6-9)11(16)17-4/h9H,5-8,14H2,1-4H3. The maximum Gasteiger partial charge on any atom is 0.325 e. The first kappa shape index (κ1) is 15.0. The van der Waals surface area contributed by atoms with Crippen molar-refractivity contribution in [1.29, 1.82) is 0 Å². The molecular formula is C13H23NO4. The van der Waals surface area contributed by atoms with Crippen LogP contribution >= 0.6 is 0 Å². The van der Waals surface area contributed by atoms with Crippen LogP contribution in [-0.4, -0.2) is 30.2 Å². The molecule has 0 aromatic carbocycles. The lowest BCUT2D eigenvalue weighted by atomic mass is 9.77. The molecule has 1 rings (SSSR count). The van der Waals surface area contributed by atoms with E-state index in [1.54, 1.807) is 0 Å². The first-order valence-corrected chi connectivity index (χ1v) is 6.28. The number of carbonyl (C=O) groups excluding carboxylic acids is 2. The Labute approximate surface area is 108 Å². The van der Waals surface area contributed by atoms with E-state index in [1.165, 1.54) is 7.11 Å². The molecule has 0 aromatic heterocycles. The highest BCUT2D eigenvalue weighted by molar-refractivity contribution is 5.81. The highest BCUT2D eigenvalue weighted by Crippen LogP contribution is 2.32. The second-order valence-electron chi connectivity index (χ2n) is 5.96. The van der Waals surface area contributed by atoms with Crippen LogP contribution in [0.1, 0.15) is 46.5 Å². The van der Waals surface area contributed by atoms with Gasteiger partial charge in [-0.2, -0.15) is 0 Å². The Bertz CT molecular complexity index is 324. The summed E-state index contributed by atoms with van der Waals surface area (Å²) < 4.78 is 10.0. The summed E-state index contributed by atoms with van der Waals surface area (Å²) >= 11 is 0. The molecule has 0 heterocycles. The minimum absolute atomic E-state index is 0.162. The Morgan fingerprint density at radius 2 is 1.72 bits per heavy atom. The molecule has 0 amide bonds. The Morgan fingerprint density at radius 1 is 1.22 bits per heavy atom. The van der Waals surface area contributed by atoms with Crippen molar-refractivity contribution in [1.82, 2.24) is 0 Å². The van der Waals surface area contributed by atoms with Crippen molar-refractivity contribution >= 4 is 11.9 Å². The summed E-state index contributed by atoms with van der Waals surface area (Å²) in [6, 6.07) is 0. The van der Waals surface area contributed by atoms with Crippen LogP contribution in [-0.2, 0) is 19.1 Å². The first-order valence-electron chi connectivity index (χ1n) is 6.28. The number of carbonyl (C=O) groups is 2. The van der Waals surface area contributed by atoms with Gasteiger partial charge in [-0.25, -0.2) is 0 Å². The van der Waals surface area contributed by atoms with E-state index in [1.807, 2.05) is 20.8 Å². The van der Waals surface area contributed by atoms with E-state index >= 15 is 0 Å². The summed E-state index contributed by atoms with van der Waals surface area (Å²) in [6.45, 7) is 5.53. The molecule has 1 saturated carbocycles. The summed E-state index contributed by atoms with van der Waals surface area (Å²) in [4.78, 5) is 23.4. The summed E-state index contributed by atoms with van der Waals surface area (Å²) in [5.74, 6) is -0.759. The normalized spacial score (nSPS) is 28.6. The Balaban J connectivity index is 2.54. The van der Waals surface area contributed by atoms with E-state index in [-0.39, 0.29) is 11.9 Å². The van der Waals surface area contributed by atoms with Gasteiger partial charge in [-0.15, -0.1) is 0 Å². The topological polar surface area (TPSA) is 78.6 Å². The number of methoxy groups -OCH3 is 1. The van der Waals surface area contributed by atoms with Gasteiger partial charge >= 0.3 is 11.9 Å². The fourth-order valence-corrected chi connectivity index (χ4v) is 2.16. The number of hydrogen-bond donors (Lipinski definition) is 1. The van der Waals surface area contributed by atoms with Gasteiger partial charge in [-0.05, 0) is 46.5 Å². The molecule has 18 heavy (non-hydrogen) atoms. The third-order valence-electron chi connectivity index (χ3n) is 3.21. The van der Waals surface area contributed by atoms with Crippen molar-refractivity contribution in [3.63, 3.8) is 0 Å². The van der Waals surface area contributed by atoms with E-state index in [0.717, 1.165) is 0 Å². The smallest absolute Gasteiger partial charge is 0.325 e. The zero-order chi connectivity index (χ0) is 14.0. The number of hydrogen-bond acceptors (Lipinski definition) is 5. The lowest BCUT2D eigenvalue weighted by molar-refractivity contribution is -0.163. The van der Waals surface area contributed by atoms with Crippen LogP contribution in [0.15, 0.2) is 0 Å². The second-order valence-corrected chi connectivity index (χ2v) is 5.96. The lowest BCUT2D eigenvalue weighted by Gasteiger charge is -2.34. The third-order valence-corrected chi connectivity index (χ3v) is 3.21. The largest absolute Gasteiger partial charge is 0.468 e. The minimum Gasteiger partial charge on any atom is -0.468 e. The Morgan fingerprint density at radius 3 is 2.11 bits per heavy atom. The maximum atomic E-state index is 11.9. The highest BCUT2D eigenvalue weighted by atomic mass is 16.6. The molecular weight excluding hydrogens is 234 g/mol. The van der Waals surface area contributed by atoms with Crippen molar-refractivity contribution in [3.8, 4) is 0 Å². The van der Waals surface area contributed by atoms with Gasteiger partial charge in [0.1, 0.15) is 11.1 Å². The van der Waals surface area contributed by atoms with E-state index in [2.05, 4.69) is 4.74 Å². The van der Waals surface area contributed by atoms with E-state index < -0.39 is 17.1 Å². The molecule has 5 heteroatoms. The minimum atomic E-state index is -0.937. The molecule has 5 nitrogen and oxygen atoms in total. The molecule has 0 unspecified atom stereocenters. The van der Waals surface area contributed by atoms with Crippen molar-refractivity contribution in [2.24, 2.45) is 11.7 Å². The first-order chi connectivity index (χ1) is 8.18. The van der Waals surface area contributed by atoms with Gasteiger partial charge in [0.15, 0.2) is 0 Å². The molecule has 1 fully saturated rings. The van der Waals surface area contributed by atoms with Crippen molar-refractivity contribution in [3.05, 3.63) is 0 Å². The quantitative estimate of drug-likeness (QED) is 0.756. The monoisotopic (exact) mass is 257 g/mol. The van der Waals surface area contributed by atoms with Crippen LogP contribution < -0.4 is 5.73 Å². The SMILES string of the molecule is COC(=O)C1(N)CCC(C(=O)OC(C)(C)C)CC1. The van der Waals surface area contributed by atoms with Crippen LogP contribution in [0, 0.1) is 5.92 Å². The average molecular weight is 257 g/mol. The number of nitrogens with two attached hydrogens (primary N) is 1. The zero-order valence-corrected chi connectivity index (χ0v) is 11.6. The Kier molecular flexibility index (Phi) is 4.37. The van der Waals surface area contributed by atoms with Gasteiger partial charge in [0.05, 0.1) is 13.0 Å². The average Bonchev–Trinajstić information content (AvgIpc) is 2.26. The van der Waals surface area contributed by atoms with Crippen molar-refractivity contribution in [2.75, 3.05) is 7.11 Å². The van der Waals surface area contributed by atoms with Gasteiger partial charge in [0, 0.05) is 0 Å². The lowest BCUT2D eigenvalue weighted by Crippen LogP contribution is -2.52. The predicted molar refractivity (Wildman–Crippen MR) is 66.7 cm³/mol. The summed E-state index contributed by atoms with van der Waals surface area (Å²) in [7, 11) is 1.33. The fraction of sp³-hybridized carbons (Fsp3) is 0.846. The molecule has 0 saturated heterocycles. The molecule has 104 valence electrons. The third kappa shape index (κ3) is 3.70. The van der Waals surface area contributed by atoms with Gasteiger partial charge < -0.3 is 15.2 Å². The van der Waals surface area contributed by atoms with E-state index in [0.29, 0.717) is 25.7 Å². The molecule has 0 aliphatic heterocycles. The summed E-state index contributed by atoms with van der Waals surface area (Å²) in [5, 5.41) is 0. The van der Waals surface area contributed by atoms with Crippen molar-refractivity contribution < 1.29 is 19.1 Å². The molecule has 0 bridgehead atoms. The van der Waals surface area contributed by atoms with Gasteiger partial charge in [0.25, 0.3) is 0 Å². The van der Waals surface area contributed by atoms with Gasteiger partial charge in [0.2, 0.25) is 0 Å². The van der Waals surface area contributed by atoms with E-state index in [4.69, 9.17) is 10.5 Å². The predicted octanol–water partition coefficient (Wildman–Crippen LogP) is 1.39.